The first kappa shape index (κ1) is 16.9. The molecule has 1 unspecified atom stereocenters. The molecule has 2 radical (unpaired) electrons. The van der Waals surface area contributed by atoms with Crippen LogP contribution in [0.15, 0.2) is 0 Å². The Morgan fingerprint density at radius 3 is 2.50 bits per heavy atom. The molecule has 0 bridgehead atoms. The van der Waals surface area contributed by atoms with Gasteiger partial charge >= 0.3 is 0 Å². The second-order valence-corrected chi connectivity index (χ2v) is 5.33. The summed E-state index contributed by atoms with van der Waals surface area (Å²) < 4.78 is 5.28. The fourth-order valence-electron chi connectivity index (χ4n) is 2.14. The van der Waals surface area contributed by atoms with Gasteiger partial charge in [0.2, 0.25) is 11.8 Å². The fraction of sp³-hybridized carbons (Fsp3) is 0.786. The van der Waals surface area contributed by atoms with E-state index in [-0.39, 0.29) is 11.8 Å². The third-order valence-corrected chi connectivity index (χ3v) is 3.30. The highest BCUT2D eigenvalue weighted by Gasteiger charge is 2.22. The van der Waals surface area contributed by atoms with E-state index in [1.54, 1.807) is 0 Å². The first-order valence-corrected chi connectivity index (χ1v) is 7.14. The summed E-state index contributed by atoms with van der Waals surface area (Å²) in [4.78, 5) is 25.1. The number of hydrogen-bond acceptors (Lipinski definition) is 4. The Balaban J connectivity index is 2.21. The smallest absolute Gasteiger partial charge is 0.242 e. The molecule has 0 aromatic heterocycles. The molecule has 1 atom stereocenters. The van der Waals surface area contributed by atoms with Crippen LogP contribution in [0, 0.1) is 12.8 Å². The predicted octanol–water partition coefficient (Wildman–Crippen LogP) is -0.323. The highest BCUT2D eigenvalue weighted by molar-refractivity contribution is 5.89. The largest absolute Gasteiger partial charge is 0.379 e. The van der Waals surface area contributed by atoms with Crippen LogP contribution in [0.25, 0.3) is 0 Å². The summed E-state index contributed by atoms with van der Waals surface area (Å²) in [6.07, 6.45) is 0.882. The second-order valence-electron chi connectivity index (χ2n) is 5.33. The van der Waals surface area contributed by atoms with Crippen LogP contribution in [-0.4, -0.2) is 62.1 Å². The van der Waals surface area contributed by atoms with Gasteiger partial charge < -0.3 is 15.4 Å². The molecule has 0 aromatic rings. The number of rotatable bonds is 7. The van der Waals surface area contributed by atoms with Gasteiger partial charge in [0.1, 0.15) is 6.04 Å². The number of carbonyl (C=O) groups is 2. The Kier molecular flexibility index (Phi) is 7.54. The summed E-state index contributed by atoms with van der Waals surface area (Å²) >= 11 is 0. The Morgan fingerprint density at radius 1 is 1.30 bits per heavy atom. The van der Waals surface area contributed by atoms with Crippen molar-refractivity contribution in [1.82, 2.24) is 15.5 Å². The van der Waals surface area contributed by atoms with Crippen molar-refractivity contribution >= 4 is 11.8 Å². The van der Waals surface area contributed by atoms with Gasteiger partial charge in [0.05, 0.1) is 20.1 Å². The monoisotopic (exact) mass is 283 g/mol. The Labute approximate surface area is 121 Å². The summed E-state index contributed by atoms with van der Waals surface area (Å²) in [6.45, 7) is 13.8. The van der Waals surface area contributed by atoms with Crippen LogP contribution < -0.4 is 10.6 Å². The number of nitrogens with one attached hydrogen (secondary N) is 2. The van der Waals surface area contributed by atoms with E-state index < -0.39 is 11.9 Å². The third-order valence-electron chi connectivity index (χ3n) is 3.30. The maximum Gasteiger partial charge on any atom is 0.242 e. The van der Waals surface area contributed by atoms with E-state index in [0.717, 1.165) is 39.3 Å². The molecular formula is C14H25N3O3. The van der Waals surface area contributed by atoms with E-state index in [4.69, 9.17) is 11.7 Å². The lowest BCUT2D eigenvalue weighted by Gasteiger charge is -2.26. The minimum atomic E-state index is -0.674. The topological polar surface area (TPSA) is 70.7 Å². The normalized spacial score (nSPS) is 17.8. The second kappa shape index (κ2) is 8.92. The summed E-state index contributed by atoms with van der Waals surface area (Å²) in [6, 6.07) is -0.573. The average Bonchev–Trinajstić information content (AvgIpc) is 2.41. The summed E-state index contributed by atoms with van der Waals surface area (Å²) in [5.41, 5.74) is 0. The number of hydrogen-bond donors (Lipinski definition) is 2. The molecule has 0 spiro atoms. The van der Waals surface area contributed by atoms with E-state index >= 15 is 0 Å². The maximum absolute atomic E-state index is 12.0. The lowest BCUT2D eigenvalue weighted by molar-refractivity contribution is -0.128. The zero-order valence-electron chi connectivity index (χ0n) is 12.4. The summed E-state index contributed by atoms with van der Waals surface area (Å²) in [7, 11) is 0. The molecule has 20 heavy (non-hydrogen) atoms. The van der Waals surface area contributed by atoms with Crippen molar-refractivity contribution in [3.05, 3.63) is 6.92 Å². The molecule has 6 nitrogen and oxygen atoms in total. The van der Waals surface area contributed by atoms with Gasteiger partial charge in [-0.15, -0.1) is 0 Å². The van der Waals surface area contributed by atoms with Gasteiger partial charge in [-0.3, -0.25) is 14.5 Å². The van der Waals surface area contributed by atoms with Crippen molar-refractivity contribution in [2.45, 2.75) is 26.3 Å². The number of morpholine rings is 1. The van der Waals surface area contributed by atoms with Crippen LogP contribution in [0.4, 0.5) is 0 Å². The Hall–Kier alpha value is -1.14. The fourth-order valence-corrected chi connectivity index (χ4v) is 2.14. The molecule has 1 saturated heterocycles. The minimum absolute atomic E-state index is 0.00161. The molecule has 0 aromatic carbocycles. The van der Waals surface area contributed by atoms with E-state index in [9.17, 15) is 9.59 Å². The SMILES string of the molecule is [CH]C(=O)NC(C(=O)NCCCN1CCOCC1)C(C)C. The van der Waals surface area contributed by atoms with Crippen molar-refractivity contribution in [1.29, 1.82) is 0 Å². The number of carbonyl (C=O) groups excluding carboxylic acids is 2. The van der Waals surface area contributed by atoms with Gasteiger partial charge in [-0.25, -0.2) is 0 Å². The van der Waals surface area contributed by atoms with Crippen molar-refractivity contribution in [2.75, 3.05) is 39.4 Å². The molecule has 6 heteroatoms. The van der Waals surface area contributed by atoms with E-state index in [1.807, 2.05) is 13.8 Å². The van der Waals surface area contributed by atoms with E-state index in [1.165, 1.54) is 0 Å². The summed E-state index contributed by atoms with van der Waals surface area (Å²) in [5, 5.41) is 5.31. The molecular weight excluding hydrogens is 258 g/mol. The van der Waals surface area contributed by atoms with Crippen LogP contribution in [0.2, 0.25) is 0 Å². The molecule has 114 valence electrons. The lowest BCUT2D eigenvalue weighted by Crippen LogP contribution is -2.49. The highest BCUT2D eigenvalue weighted by atomic mass is 16.5. The quantitative estimate of drug-likeness (QED) is 0.628. The van der Waals surface area contributed by atoms with Crippen LogP contribution in [0.5, 0.6) is 0 Å². The number of amides is 2. The van der Waals surface area contributed by atoms with Gasteiger partial charge in [-0.2, -0.15) is 0 Å². The van der Waals surface area contributed by atoms with Crippen molar-refractivity contribution < 1.29 is 14.3 Å². The molecule has 2 N–H and O–H groups in total. The van der Waals surface area contributed by atoms with Crippen LogP contribution >= 0.6 is 0 Å². The lowest BCUT2D eigenvalue weighted by atomic mass is 10.0. The first-order valence-electron chi connectivity index (χ1n) is 7.14. The van der Waals surface area contributed by atoms with Gasteiger partial charge in [0.15, 0.2) is 0 Å². The van der Waals surface area contributed by atoms with Gasteiger partial charge in [0, 0.05) is 19.6 Å². The van der Waals surface area contributed by atoms with Gasteiger partial charge in [-0.05, 0) is 18.9 Å². The molecule has 1 aliphatic heterocycles. The molecule has 2 amide bonds. The number of nitrogens with zero attached hydrogens (tertiary/aromatic N) is 1. The third kappa shape index (κ3) is 6.34. The molecule has 0 saturated carbocycles. The van der Waals surface area contributed by atoms with Gasteiger partial charge in [-0.1, -0.05) is 13.8 Å². The van der Waals surface area contributed by atoms with Crippen LogP contribution in [-0.2, 0) is 14.3 Å². The Morgan fingerprint density at radius 2 is 1.95 bits per heavy atom. The molecule has 1 fully saturated rings. The van der Waals surface area contributed by atoms with Crippen molar-refractivity contribution in [2.24, 2.45) is 5.92 Å². The van der Waals surface area contributed by atoms with Crippen LogP contribution in [0.1, 0.15) is 20.3 Å². The molecule has 1 heterocycles. The average molecular weight is 283 g/mol. The zero-order chi connectivity index (χ0) is 15.0. The zero-order valence-corrected chi connectivity index (χ0v) is 12.4. The van der Waals surface area contributed by atoms with Crippen molar-refractivity contribution in [3.63, 3.8) is 0 Å². The maximum atomic E-state index is 12.0. The Bertz CT molecular complexity index is 315. The molecule has 1 rings (SSSR count). The minimum Gasteiger partial charge on any atom is -0.379 e. The predicted molar refractivity (Wildman–Crippen MR) is 76.0 cm³/mol. The van der Waals surface area contributed by atoms with Crippen LogP contribution in [0.3, 0.4) is 0 Å². The van der Waals surface area contributed by atoms with Gasteiger partial charge in [0.25, 0.3) is 0 Å². The first-order chi connectivity index (χ1) is 9.50. The highest BCUT2D eigenvalue weighted by Crippen LogP contribution is 2.02. The molecule has 1 aliphatic rings. The number of ether oxygens (including phenoxy) is 1. The standard InChI is InChI=1S/C14H25N3O3/c1-11(2)13(16-12(3)18)14(19)15-5-4-6-17-7-9-20-10-8-17/h3,11,13H,4-10H2,1-2H3,(H,15,19)(H,16,18). The summed E-state index contributed by atoms with van der Waals surface area (Å²) in [5.74, 6) is -0.852. The van der Waals surface area contributed by atoms with Crippen molar-refractivity contribution in [3.8, 4) is 0 Å². The van der Waals surface area contributed by atoms with E-state index in [2.05, 4.69) is 15.5 Å². The van der Waals surface area contributed by atoms with E-state index in [0.29, 0.717) is 6.54 Å². The molecule has 0 aliphatic carbocycles.